The highest BCUT2D eigenvalue weighted by Gasteiger charge is 2.18. The van der Waals surface area contributed by atoms with Crippen LogP contribution in [0.4, 0.5) is 0 Å². The van der Waals surface area contributed by atoms with Gasteiger partial charge in [0.25, 0.3) is 0 Å². The number of hydrogen-bond donors (Lipinski definition) is 2. The molecular weight excluding hydrogens is 228 g/mol. The highest BCUT2D eigenvalue weighted by molar-refractivity contribution is 4.73. The summed E-state index contributed by atoms with van der Waals surface area (Å²) in [6.07, 6.45) is 1.96. The number of likely N-dealkylation sites (N-methyl/N-ethyl adjacent to an activating group) is 2. The zero-order valence-corrected chi connectivity index (χ0v) is 12.6. The van der Waals surface area contributed by atoms with E-state index in [1.165, 1.54) is 0 Å². The molecular formula is C14H32N2O2. The van der Waals surface area contributed by atoms with Gasteiger partial charge in [-0.05, 0) is 25.9 Å². The first-order valence-electron chi connectivity index (χ1n) is 7.38. The minimum Gasteiger partial charge on any atom is -0.395 e. The summed E-state index contributed by atoms with van der Waals surface area (Å²) >= 11 is 0. The average Bonchev–Trinajstić information content (AvgIpc) is 2.42. The molecule has 0 aromatic rings. The summed E-state index contributed by atoms with van der Waals surface area (Å²) in [5.74, 6) is 0. The van der Waals surface area contributed by atoms with E-state index in [0.717, 1.165) is 39.0 Å². The fraction of sp³-hybridized carbons (Fsp3) is 1.00. The van der Waals surface area contributed by atoms with Crippen LogP contribution in [0, 0.1) is 0 Å². The maximum atomic E-state index is 9.36. The van der Waals surface area contributed by atoms with Gasteiger partial charge in [0.15, 0.2) is 0 Å². The third-order valence-corrected chi connectivity index (χ3v) is 3.88. The van der Waals surface area contributed by atoms with Crippen LogP contribution in [0.3, 0.4) is 0 Å². The molecule has 18 heavy (non-hydrogen) atoms. The van der Waals surface area contributed by atoms with Gasteiger partial charge in [-0.25, -0.2) is 0 Å². The first-order valence-corrected chi connectivity index (χ1v) is 7.38. The molecule has 0 aromatic heterocycles. The summed E-state index contributed by atoms with van der Waals surface area (Å²) in [6.45, 7) is 12.8. The van der Waals surface area contributed by atoms with Crippen LogP contribution < -0.4 is 0 Å². The molecule has 0 saturated heterocycles. The third-order valence-electron chi connectivity index (χ3n) is 3.88. The Bertz CT molecular complexity index is 163. The number of nitrogens with zero attached hydrogens (tertiary/aromatic N) is 2. The topological polar surface area (TPSA) is 46.9 Å². The van der Waals surface area contributed by atoms with Crippen molar-refractivity contribution in [3.05, 3.63) is 0 Å². The van der Waals surface area contributed by atoms with Gasteiger partial charge in [-0.1, -0.05) is 27.7 Å². The molecule has 0 saturated carbocycles. The van der Waals surface area contributed by atoms with Gasteiger partial charge in [-0.3, -0.25) is 9.80 Å². The number of aliphatic hydroxyl groups excluding tert-OH is 2. The molecule has 0 spiro atoms. The number of rotatable bonds is 11. The van der Waals surface area contributed by atoms with E-state index < -0.39 is 0 Å². The predicted octanol–water partition coefficient (Wildman–Crippen LogP) is 1.17. The van der Waals surface area contributed by atoms with Crippen LogP contribution >= 0.6 is 0 Å². The minimum atomic E-state index is 0.230. The Kier molecular flexibility index (Phi) is 10.6. The zero-order valence-electron chi connectivity index (χ0n) is 12.6. The Hall–Kier alpha value is -0.160. The molecule has 110 valence electrons. The fourth-order valence-corrected chi connectivity index (χ4v) is 2.46. The fourth-order valence-electron chi connectivity index (χ4n) is 2.46. The van der Waals surface area contributed by atoms with Gasteiger partial charge in [0, 0.05) is 25.2 Å². The largest absolute Gasteiger partial charge is 0.395 e. The lowest BCUT2D eigenvalue weighted by atomic mass is 10.2. The molecule has 0 aliphatic heterocycles. The lowest BCUT2D eigenvalue weighted by molar-refractivity contribution is 0.0827. The van der Waals surface area contributed by atoms with Gasteiger partial charge in [-0.15, -0.1) is 0 Å². The summed E-state index contributed by atoms with van der Waals surface area (Å²) in [4.78, 5) is 4.65. The van der Waals surface area contributed by atoms with Crippen molar-refractivity contribution in [2.45, 2.75) is 52.6 Å². The predicted molar refractivity (Wildman–Crippen MR) is 76.8 cm³/mol. The monoisotopic (exact) mass is 260 g/mol. The van der Waals surface area contributed by atoms with Crippen LogP contribution in [0.2, 0.25) is 0 Å². The molecule has 0 rings (SSSR count). The van der Waals surface area contributed by atoms with Crippen molar-refractivity contribution in [2.24, 2.45) is 0 Å². The zero-order chi connectivity index (χ0) is 14.0. The van der Waals surface area contributed by atoms with Gasteiger partial charge in [0.2, 0.25) is 0 Å². The van der Waals surface area contributed by atoms with E-state index in [2.05, 4.69) is 37.5 Å². The van der Waals surface area contributed by atoms with E-state index in [-0.39, 0.29) is 25.3 Å². The first-order chi connectivity index (χ1) is 8.68. The molecule has 0 aliphatic rings. The standard InChI is InChI=1S/C14H32N2O2/c1-5-13(11-17)15(7-3)9-10-16(8-4)14(6-2)12-18/h13-14,17-18H,5-12H2,1-4H3/t13-,14-/m1/s1. The van der Waals surface area contributed by atoms with Gasteiger partial charge < -0.3 is 10.2 Å². The van der Waals surface area contributed by atoms with Gasteiger partial charge in [0.1, 0.15) is 0 Å². The minimum absolute atomic E-state index is 0.230. The van der Waals surface area contributed by atoms with Gasteiger partial charge in [0.05, 0.1) is 13.2 Å². The molecule has 4 nitrogen and oxygen atoms in total. The highest BCUT2D eigenvalue weighted by Crippen LogP contribution is 2.07. The maximum Gasteiger partial charge on any atom is 0.0586 e. The number of hydrogen-bond acceptors (Lipinski definition) is 4. The van der Waals surface area contributed by atoms with Crippen LogP contribution in [0.15, 0.2) is 0 Å². The Balaban J connectivity index is 4.30. The average molecular weight is 260 g/mol. The van der Waals surface area contributed by atoms with E-state index >= 15 is 0 Å². The van der Waals surface area contributed by atoms with Crippen molar-refractivity contribution in [3.8, 4) is 0 Å². The van der Waals surface area contributed by atoms with Crippen LogP contribution in [0.5, 0.6) is 0 Å². The van der Waals surface area contributed by atoms with Gasteiger partial charge in [-0.2, -0.15) is 0 Å². The molecule has 2 N–H and O–H groups in total. The molecule has 4 heteroatoms. The summed E-state index contributed by atoms with van der Waals surface area (Å²) < 4.78 is 0. The lowest BCUT2D eigenvalue weighted by Gasteiger charge is -2.34. The third kappa shape index (κ3) is 5.65. The van der Waals surface area contributed by atoms with E-state index in [1.54, 1.807) is 0 Å². The smallest absolute Gasteiger partial charge is 0.0586 e. The lowest BCUT2D eigenvalue weighted by Crippen LogP contribution is -2.46. The van der Waals surface area contributed by atoms with Crippen molar-refractivity contribution < 1.29 is 10.2 Å². The first kappa shape index (κ1) is 17.8. The summed E-state index contributed by atoms with van der Waals surface area (Å²) in [7, 11) is 0. The Morgan fingerprint density at radius 2 is 1.06 bits per heavy atom. The van der Waals surface area contributed by atoms with Crippen molar-refractivity contribution in [1.82, 2.24) is 9.80 Å². The van der Waals surface area contributed by atoms with Crippen molar-refractivity contribution >= 4 is 0 Å². The van der Waals surface area contributed by atoms with Crippen molar-refractivity contribution in [1.29, 1.82) is 0 Å². The van der Waals surface area contributed by atoms with Gasteiger partial charge >= 0.3 is 0 Å². The second-order valence-corrected chi connectivity index (χ2v) is 4.75. The maximum absolute atomic E-state index is 9.36. The second-order valence-electron chi connectivity index (χ2n) is 4.75. The molecule has 0 bridgehead atoms. The molecule has 0 unspecified atom stereocenters. The van der Waals surface area contributed by atoms with Crippen LogP contribution in [0.25, 0.3) is 0 Å². The Morgan fingerprint density at radius 3 is 1.22 bits per heavy atom. The van der Waals surface area contributed by atoms with E-state index in [0.29, 0.717) is 0 Å². The molecule has 0 amide bonds. The van der Waals surface area contributed by atoms with Crippen LogP contribution in [0.1, 0.15) is 40.5 Å². The van der Waals surface area contributed by atoms with Crippen molar-refractivity contribution in [3.63, 3.8) is 0 Å². The Labute approximate surface area is 113 Å². The Morgan fingerprint density at radius 1 is 0.722 bits per heavy atom. The molecule has 0 aromatic carbocycles. The second kappa shape index (κ2) is 10.7. The van der Waals surface area contributed by atoms with E-state index in [1.807, 2.05) is 0 Å². The van der Waals surface area contributed by atoms with Crippen molar-refractivity contribution in [2.75, 3.05) is 39.4 Å². The normalized spacial score (nSPS) is 15.3. The highest BCUT2D eigenvalue weighted by atomic mass is 16.3. The molecule has 0 aliphatic carbocycles. The molecule has 0 radical (unpaired) electrons. The van der Waals surface area contributed by atoms with Crippen LogP contribution in [-0.4, -0.2) is 71.5 Å². The molecule has 0 fully saturated rings. The number of aliphatic hydroxyl groups is 2. The molecule has 0 heterocycles. The van der Waals surface area contributed by atoms with Crippen LogP contribution in [-0.2, 0) is 0 Å². The SMILES string of the molecule is CC[C@H](CO)N(CC)CCN(CC)[C@H](CC)CO. The van der Waals surface area contributed by atoms with E-state index in [4.69, 9.17) is 0 Å². The summed E-state index contributed by atoms with van der Waals surface area (Å²) in [5.41, 5.74) is 0. The quantitative estimate of drug-likeness (QED) is 0.585. The summed E-state index contributed by atoms with van der Waals surface area (Å²) in [6, 6.07) is 0.533. The summed E-state index contributed by atoms with van der Waals surface area (Å²) in [5, 5.41) is 18.7. The van der Waals surface area contributed by atoms with E-state index in [9.17, 15) is 10.2 Å². The molecule has 2 atom stereocenters.